The van der Waals surface area contributed by atoms with Crippen molar-refractivity contribution >= 4 is 8.32 Å². The highest BCUT2D eigenvalue weighted by molar-refractivity contribution is 6.74. The minimum atomic E-state index is -1.52. The van der Waals surface area contributed by atoms with Gasteiger partial charge in [-0.15, -0.1) is 0 Å². The largest absolute Gasteiger partial charge is 0.413 e. The molecule has 0 atom stereocenters. The Hall–Kier alpha value is -0.0831. The fraction of sp³-hybridized carbons (Fsp3) is 0.818. The molecule has 0 spiro atoms. The number of hydrogen-bond donors (Lipinski definition) is 0. The number of rotatable bonds is 3. The first-order valence-corrected chi connectivity index (χ1v) is 7.87. The highest BCUT2D eigenvalue weighted by Crippen LogP contribution is 2.36. The first kappa shape index (κ1) is 12.9. The van der Waals surface area contributed by atoms with Crippen molar-refractivity contribution in [3.8, 4) is 0 Å². The first-order valence-electron chi connectivity index (χ1n) is 4.96. The molecule has 2 heteroatoms. The van der Waals surface area contributed by atoms with Crippen LogP contribution in [-0.2, 0) is 4.43 Å². The lowest BCUT2D eigenvalue weighted by atomic mass is 10.2. The zero-order valence-corrected chi connectivity index (χ0v) is 11.2. The molecule has 0 unspecified atom stereocenters. The van der Waals surface area contributed by atoms with Gasteiger partial charge in [-0.25, -0.2) is 0 Å². The molecule has 0 amide bonds. The van der Waals surface area contributed by atoms with Crippen LogP contribution in [0.2, 0.25) is 18.1 Å². The maximum Gasteiger partial charge on any atom is 0.192 e. The molecule has 1 nitrogen and oxygen atoms in total. The molecular weight excluding hydrogens is 176 g/mol. The summed E-state index contributed by atoms with van der Waals surface area (Å²) in [5.41, 5.74) is 1.32. The van der Waals surface area contributed by atoms with Crippen LogP contribution in [0, 0.1) is 0 Å². The van der Waals surface area contributed by atoms with E-state index < -0.39 is 8.32 Å². The first-order chi connectivity index (χ1) is 5.70. The third-order valence-electron chi connectivity index (χ3n) is 2.96. The van der Waals surface area contributed by atoms with Gasteiger partial charge in [0.05, 0.1) is 6.61 Å². The van der Waals surface area contributed by atoms with Gasteiger partial charge >= 0.3 is 0 Å². The maximum atomic E-state index is 6.02. The highest BCUT2D eigenvalue weighted by Gasteiger charge is 2.36. The molecule has 0 N–H and O–H groups in total. The van der Waals surface area contributed by atoms with Crippen LogP contribution in [0.4, 0.5) is 0 Å². The van der Waals surface area contributed by atoms with Crippen molar-refractivity contribution < 1.29 is 4.43 Å². The SMILES string of the molecule is C/C=C(\C)CO[Si](C)(C)C(C)(C)C. The van der Waals surface area contributed by atoms with Crippen molar-refractivity contribution in [1.82, 2.24) is 0 Å². The molecule has 0 rings (SSSR count). The zero-order valence-electron chi connectivity index (χ0n) is 10.2. The van der Waals surface area contributed by atoms with Crippen LogP contribution in [-0.4, -0.2) is 14.9 Å². The molecule has 0 aliphatic rings. The van der Waals surface area contributed by atoms with Crippen molar-refractivity contribution in [2.24, 2.45) is 0 Å². The average Bonchev–Trinajstić information content (AvgIpc) is 1.98. The predicted molar refractivity (Wildman–Crippen MR) is 62.6 cm³/mol. The summed E-state index contributed by atoms with van der Waals surface area (Å²) in [6.45, 7) is 16.4. The Labute approximate surface area is 84.3 Å². The molecule has 0 aliphatic carbocycles. The van der Waals surface area contributed by atoms with Crippen LogP contribution in [0.5, 0.6) is 0 Å². The van der Waals surface area contributed by atoms with Crippen LogP contribution < -0.4 is 0 Å². The Bertz CT molecular complexity index is 187. The Morgan fingerprint density at radius 1 is 1.31 bits per heavy atom. The van der Waals surface area contributed by atoms with E-state index in [9.17, 15) is 0 Å². The Balaban J connectivity index is 4.20. The maximum absolute atomic E-state index is 6.02. The summed E-state index contributed by atoms with van der Waals surface area (Å²) >= 11 is 0. The van der Waals surface area contributed by atoms with Crippen LogP contribution in [0.1, 0.15) is 34.6 Å². The molecule has 13 heavy (non-hydrogen) atoms. The van der Waals surface area contributed by atoms with Crippen LogP contribution in [0.3, 0.4) is 0 Å². The van der Waals surface area contributed by atoms with Gasteiger partial charge in [-0.05, 0) is 32.0 Å². The molecule has 0 aliphatic heterocycles. The van der Waals surface area contributed by atoms with Gasteiger partial charge in [-0.2, -0.15) is 0 Å². The van der Waals surface area contributed by atoms with E-state index in [0.717, 1.165) is 6.61 Å². The van der Waals surface area contributed by atoms with Gasteiger partial charge in [-0.3, -0.25) is 0 Å². The summed E-state index contributed by atoms with van der Waals surface area (Å²) in [6.07, 6.45) is 2.12. The van der Waals surface area contributed by atoms with Crippen molar-refractivity contribution in [2.75, 3.05) is 6.61 Å². The van der Waals surface area contributed by atoms with Crippen molar-refractivity contribution in [3.05, 3.63) is 11.6 Å². The van der Waals surface area contributed by atoms with Crippen LogP contribution in [0.15, 0.2) is 11.6 Å². The summed E-state index contributed by atoms with van der Waals surface area (Å²) < 4.78 is 6.02. The van der Waals surface area contributed by atoms with E-state index in [1.807, 2.05) is 0 Å². The summed E-state index contributed by atoms with van der Waals surface area (Å²) in [5.74, 6) is 0. The van der Waals surface area contributed by atoms with Gasteiger partial charge in [0.1, 0.15) is 0 Å². The Kier molecular flexibility index (Phi) is 4.40. The lowest BCUT2D eigenvalue weighted by Gasteiger charge is -2.36. The standard InChI is InChI=1S/C11H24OSi/c1-8-10(2)9-12-13(6,7)11(3,4)5/h8H,9H2,1-7H3/b10-8+. The van der Waals surface area contributed by atoms with E-state index >= 15 is 0 Å². The molecular formula is C11H24OSi. The quantitative estimate of drug-likeness (QED) is 0.495. The van der Waals surface area contributed by atoms with Gasteiger partial charge in [0.25, 0.3) is 0 Å². The highest BCUT2D eigenvalue weighted by atomic mass is 28.4. The van der Waals surface area contributed by atoms with Gasteiger partial charge in [-0.1, -0.05) is 32.4 Å². The third kappa shape index (κ3) is 4.10. The Morgan fingerprint density at radius 3 is 2.08 bits per heavy atom. The fourth-order valence-corrected chi connectivity index (χ4v) is 1.62. The predicted octanol–water partition coefficient (Wildman–Crippen LogP) is 3.97. The minimum absolute atomic E-state index is 0.320. The summed E-state index contributed by atoms with van der Waals surface area (Å²) in [5, 5.41) is 0.320. The van der Waals surface area contributed by atoms with E-state index in [4.69, 9.17) is 4.43 Å². The number of hydrogen-bond acceptors (Lipinski definition) is 1. The van der Waals surface area contributed by atoms with Gasteiger partial charge in [0, 0.05) is 0 Å². The van der Waals surface area contributed by atoms with E-state index in [0.29, 0.717) is 5.04 Å². The van der Waals surface area contributed by atoms with E-state index in [-0.39, 0.29) is 0 Å². The summed E-state index contributed by atoms with van der Waals surface area (Å²) in [7, 11) is -1.52. The normalized spacial score (nSPS) is 14.8. The Morgan fingerprint density at radius 2 is 1.77 bits per heavy atom. The molecule has 0 saturated carbocycles. The zero-order chi connectivity index (χ0) is 10.7. The molecule has 0 heterocycles. The smallest absolute Gasteiger partial charge is 0.192 e. The average molecular weight is 200 g/mol. The number of allylic oxidation sites excluding steroid dienone is 1. The second-order valence-electron chi connectivity index (χ2n) is 5.18. The minimum Gasteiger partial charge on any atom is -0.413 e. The van der Waals surface area contributed by atoms with Gasteiger partial charge < -0.3 is 4.43 Å². The van der Waals surface area contributed by atoms with E-state index in [1.54, 1.807) is 0 Å². The second kappa shape index (κ2) is 4.42. The molecule has 0 radical (unpaired) electrons. The van der Waals surface area contributed by atoms with Crippen molar-refractivity contribution in [3.63, 3.8) is 0 Å². The van der Waals surface area contributed by atoms with E-state index in [1.165, 1.54) is 5.57 Å². The molecule has 0 aromatic heterocycles. The summed E-state index contributed by atoms with van der Waals surface area (Å²) in [6, 6.07) is 0. The van der Waals surface area contributed by atoms with Crippen LogP contribution >= 0.6 is 0 Å². The molecule has 0 saturated heterocycles. The van der Waals surface area contributed by atoms with Crippen molar-refractivity contribution in [2.45, 2.75) is 52.8 Å². The molecule has 0 bridgehead atoms. The second-order valence-corrected chi connectivity index (χ2v) is 9.99. The fourth-order valence-electron chi connectivity index (χ4n) is 0.594. The monoisotopic (exact) mass is 200 g/mol. The molecule has 0 fully saturated rings. The summed E-state index contributed by atoms with van der Waals surface area (Å²) in [4.78, 5) is 0. The van der Waals surface area contributed by atoms with Crippen LogP contribution in [0.25, 0.3) is 0 Å². The lowest BCUT2D eigenvalue weighted by Crippen LogP contribution is -2.41. The van der Waals surface area contributed by atoms with Gasteiger partial charge in [0.15, 0.2) is 8.32 Å². The van der Waals surface area contributed by atoms with E-state index in [2.05, 4.69) is 53.8 Å². The van der Waals surface area contributed by atoms with Gasteiger partial charge in [0.2, 0.25) is 0 Å². The third-order valence-corrected chi connectivity index (χ3v) is 7.44. The molecule has 0 aromatic carbocycles. The molecule has 0 aromatic rings. The molecule has 78 valence electrons. The topological polar surface area (TPSA) is 9.23 Å². The lowest BCUT2D eigenvalue weighted by molar-refractivity contribution is 0.318. The van der Waals surface area contributed by atoms with Crippen molar-refractivity contribution in [1.29, 1.82) is 0 Å².